The molecular formula is C9H16N2O2. The zero-order chi connectivity index (χ0) is 9.84. The molecule has 0 radical (unpaired) electrons. The van der Waals surface area contributed by atoms with Crippen LogP contribution in [0.2, 0.25) is 0 Å². The van der Waals surface area contributed by atoms with Crippen LogP contribution >= 0.6 is 0 Å². The summed E-state index contributed by atoms with van der Waals surface area (Å²) < 4.78 is 0. The Morgan fingerprint density at radius 1 is 1.31 bits per heavy atom. The maximum absolute atomic E-state index is 11.0. The summed E-state index contributed by atoms with van der Waals surface area (Å²) in [6.45, 7) is 1.46. The van der Waals surface area contributed by atoms with Gasteiger partial charge in [0.2, 0.25) is 11.8 Å². The van der Waals surface area contributed by atoms with Crippen LogP contribution in [0.25, 0.3) is 0 Å². The van der Waals surface area contributed by atoms with E-state index in [0.717, 1.165) is 25.7 Å². The predicted octanol–water partition coefficient (Wildman–Crippen LogP) is 0.167. The largest absolute Gasteiger partial charge is 0.369 e. The molecule has 2 unspecified atom stereocenters. The van der Waals surface area contributed by atoms with Crippen molar-refractivity contribution >= 4 is 11.8 Å². The maximum Gasteiger partial charge on any atom is 0.222 e. The molecule has 1 rings (SSSR count). The first-order chi connectivity index (χ1) is 6.11. The van der Waals surface area contributed by atoms with Crippen LogP contribution in [0.3, 0.4) is 0 Å². The van der Waals surface area contributed by atoms with Gasteiger partial charge in [-0.25, -0.2) is 0 Å². The molecule has 1 aliphatic rings. The van der Waals surface area contributed by atoms with Crippen molar-refractivity contribution in [3.63, 3.8) is 0 Å². The van der Waals surface area contributed by atoms with Crippen molar-refractivity contribution in [2.75, 3.05) is 0 Å². The molecule has 2 amide bonds. The van der Waals surface area contributed by atoms with Crippen LogP contribution in [0.5, 0.6) is 0 Å². The van der Waals surface area contributed by atoms with Crippen molar-refractivity contribution < 1.29 is 9.59 Å². The van der Waals surface area contributed by atoms with E-state index in [0.29, 0.717) is 0 Å². The van der Waals surface area contributed by atoms with Crippen molar-refractivity contribution in [3.05, 3.63) is 0 Å². The highest BCUT2D eigenvalue weighted by molar-refractivity contribution is 5.79. The number of nitrogens with two attached hydrogens (primary N) is 1. The van der Waals surface area contributed by atoms with Gasteiger partial charge < -0.3 is 11.1 Å². The Kier molecular flexibility index (Phi) is 3.28. The van der Waals surface area contributed by atoms with E-state index in [1.807, 2.05) is 0 Å². The van der Waals surface area contributed by atoms with E-state index in [4.69, 9.17) is 5.73 Å². The van der Waals surface area contributed by atoms with Crippen LogP contribution in [-0.4, -0.2) is 17.9 Å². The second-order valence-electron chi connectivity index (χ2n) is 3.60. The average Bonchev–Trinajstić information content (AvgIpc) is 2.03. The minimum absolute atomic E-state index is 0.0382. The van der Waals surface area contributed by atoms with Crippen molar-refractivity contribution in [1.29, 1.82) is 0 Å². The average molecular weight is 184 g/mol. The summed E-state index contributed by atoms with van der Waals surface area (Å²) in [7, 11) is 0. The standard InChI is InChI=1S/C9H16N2O2/c1-6(12)11-8-5-3-2-4-7(8)9(10)13/h7-8H,2-5H2,1H3,(H2,10,13)(H,11,12). The van der Waals surface area contributed by atoms with Gasteiger partial charge in [-0.1, -0.05) is 12.8 Å². The molecule has 74 valence electrons. The number of hydrogen-bond acceptors (Lipinski definition) is 2. The Labute approximate surface area is 77.9 Å². The number of primary amides is 1. The molecule has 1 aliphatic carbocycles. The third-order valence-corrected chi connectivity index (χ3v) is 2.52. The lowest BCUT2D eigenvalue weighted by Crippen LogP contribution is -2.46. The molecule has 2 atom stereocenters. The first kappa shape index (κ1) is 10.0. The van der Waals surface area contributed by atoms with Gasteiger partial charge in [0.05, 0.1) is 5.92 Å². The van der Waals surface area contributed by atoms with Crippen molar-refractivity contribution in [1.82, 2.24) is 5.32 Å². The fourth-order valence-corrected chi connectivity index (χ4v) is 1.91. The summed E-state index contributed by atoms with van der Waals surface area (Å²) >= 11 is 0. The quantitative estimate of drug-likeness (QED) is 0.642. The van der Waals surface area contributed by atoms with Crippen LogP contribution in [-0.2, 0) is 9.59 Å². The molecule has 4 heteroatoms. The number of carbonyl (C=O) groups is 2. The molecule has 0 heterocycles. The topological polar surface area (TPSA) is 72.2 Å². The monoisotopic (exact) mass is 184 g/mol. The fraction of sp³-hybridized carbons (Fsp3) is 0.778. The smallest absolute Gasteiger partial charge is 0.222 e. The molecule has 0 aromatic heterocycles. The number of rotatable bonds is 2. The highest BCUT2D eigenvalue weighted by Crippen LogP contribution is 2.23. The molecule has 1 saturated carbocycles. The van der Waals surface area contributed by atoms with Gasteiger partial charge in [0, 0.05) is 13.0 Å². The first-order valence-corrected chi connectivity index (χ1v) is 4.67. The second-order valence-corrected chi connectivity index (χ2v) is 3.60. The van der Waals surface area contributed by atoms with Crippen molar-refractivity contribution in [2.45, 2.75) is 38.6 Å². The Morgan fingerprint density at radius 3 is 2.46 bits per heavy atom. The SMILES string of the molecule is CC(=O)NC1CCCCC1C(N)=O. The van der Waals surface area contributed by atoms with Gasteiger partial charge in [0.1, 0.15) is 0 Å². The van der Waals surface area contributed by atoms with E-state index in [1.54, 1.807) is 0 Å². The zero-order valence-corrected chi connectivity index (χ0v) is 7.88. The third-order valence-electron chi connectivity index (χ3n) is 2.52. The molecule has 0 aromatic rings. The molecule has 3 N–H and O–H groups in total. The summed E-state index contributed by atoms with van der Waals surface area (Å²) in [5.74, 6) is -0.547. The summed E-state index contributed by atoms with van der Waals surface area (Å²) in [6.07, 6.45) is 3.77. The van der Waals surface area contributed by atoms with Gasteiger partial charge in [-0.3, -0.25) is 9.59 Å². The van der Waals surface area contributed by atoms with Crippen molar-refractivity contribution in [3.8, 4) is 0 Å². The summed E-state index contributed by atoms with van der Waals surface area (Å²) in [4.78, 5) is 21.8. The predicted molar refractivity (Wildman–Crippen MR) is 48.8 cm³/mol. The number of carbonyl (C=O) groups excluding carboxylic acids is 2. The van der Waals surface area contributed by atoms with E-state index in [-0.39, 0.29) is 23.8 Å². The lowest BCUT2D eigenvalue weighted by atomic mass is 9.84. The Balaban J connectivity index is 2.56. The van der Waals surface area contributed by atoms with E-state index < -0.39 is 0 Å². The minimum atomic E-state index is -0.293. The Bertz CT molecular complexity index is 216. The molecule has 13 heavy (non-hydrogen) atoms. The van der Waals surface area contributed by atoms with E-state index in [1.165, 1.54) is 6.92 Å². The van der Waals surface area contributed by atoms with Crippen molar-refractivity contribution in [2.24, 2.45) is 11.7 Å². The molecule has 0 bridgehead atoms. The van der Waals surface area contributed by atoms with Gasteiger partial charge in [-0.05, 0) is 12.8 Å². The molecule has 0 aromatic carbocycles. The number of hydrogen-bond donors (Lipinski definition) is 2. The van der Waals surface area contributed by atoms with Crippen LogP contribution in [0.4, 0.5) is 0 Å². The Hall–Kier alpha value is -1.06. The number of amides is 2. The van der Waals surface area contributed by atoms with E-state index in [2.05, 4.69) is 5.32 Å². The molecule has 0 saturated heterocycles. The summed E-state index contributed by atoms with van der Waals surface area (Å²) in [6, 6.07) is -0.0382. The molecule has 0 spiro atoms. The van der Waals surface area contributed by atoms with Gasteiger partial charge >= 0.3 is 0 Å². The second kappa shape index (κ2) is 4.25. The Morgan fingerprint density at radius 2 is 1.92 bits per heavy atom. The molecule has 4 nitrogen and oxygen atoms in total. The summed E-state index contributed by atoms with van der Waals surface area (Å²) in [5.41, 5.74) is 5.24. The normalized spacial score (nSPS) is 28.1. The highest BCUT2D eigenvalue weighted by Gasteiger charge is 2.29. The molecular weight excluding hydrogens is 168 g/mol. The lowest BCUT2D eigenvalue weighted by Gasteiger charge is -2.29. The van der Waals surface area contributed by atoms with E-state index >= 15 is 0 Å². The van der Waals surface area contributed by atoms with Gasteiger partial charge in [0.25, 0.3) is 0 Å². The molecule has 1 fully saturated rings. The lowest BCUT2D eigenvalue weighted by molar-refractivity contribution is -0.125. The molecule has 0 aliphatic heterocycles. The fourth-order valence-electron chi connectivity index (χ4n) is 1.91. The van der Waals surface area contributed by atoms with Gasteiger partial charge in [0.15, 0.2) is 0 Å². The third kappa shape index (κ3) is 2.72. The first-order valence-electron chi connectivity index (χ1n) is 4.67. The van der Waals surface area contributed by atoms with Crippen LogP contribution in [0, 0.1) is 5.92 Å². The van der Waals surface area contributed by atoms with Crippen LogP contribution in [0.1, 0.15) is 32.6 Å². The maximum atomic E-state index is 11.0. The highest BCUT2D eigenvalue weighted by atomic mass is 16.2. The number of nitrogens with one attached hydrogen (secondary N) is 1. The van der Waals surface area contributed by atoms with E-state index in [9.17, 15) is 9.59 Å². The van der Waals surface area contributed by atoms with Gasteiger partial charge in [-0.15, -0.1) is 0 Å². The minimum Gasteiger partial charge on any atom is -0.369 e. The summed E-state index contributed by atoms with van der Waals surface area (Å²) in [5, 5.41) is 2.77. The van der Waals surface area contributed by atoms with Gasteiger partial charge in [-0.2, -0.15) is 0 Å². The van der Waals surface area contributed by atoms with Crippen LogP contribution in [0.15, 0.2) is 0 Å². The van der Waals surface area contributed by atoms with Crippen LogP contribution < -0.4 is 11.1 Å². The zero-order valence-electron chi connectivity index (χ0n) is 7.88.